The molecule has 0 unspecified atom stereocenters. The average Bonchev–Trinajstić information content (AvgIpc) is 1.87. The molecular weight excluding hydrogens is 151 g/mol. The van der Waals surface area contributed by atoms with Gasteiger partial charge in [0, 0.05) is 13.1 Å². The van der Waals surface area contributed by atoms with Gasteiger partial charge in [-0.05, 0) is 5.41 Å². The first-order valence-electron chi connectivity index (χ1n) is 3.75. The summed E-state index contributed by atoms with van der Waals surface area (Å²) in [6, 6.07) is 0. The van der Waals surface area contributed by atoms with Crippen molar-refractivity contribution in [2.24, 2.45) is 5.41 Å². The van der Waals surface area contributed by atoms with Crippen molar-refractivity contribution in [1.82, 2.24) is 5.32 Å². The Bertz CT molecular complexity index is 104. The predicted molar refractivity (Wildman–Crippen MR) is 37.6 cm³/mol. The van der Waals surface area contributed by atoms with E-state index in [4.69, 9.17) is 0 Å². The van der Waals surface area contributed by atoms with Crippen LogP contribution in [0.1, 0.15) is 12.8 Å². The molecule has 2 rings (SSSR count). The maximum absolute atomic E-state index is 4.33. The Labute approximate surface area is 105 Å². The first kappa shape index (κ1) is 9.64. The summed E-state index contributed by atoms with van der Waals surface area (Å²) in [7, 11) is 0. The second kappa shape index (κ2) is 3.98. The summed E-state index contributed by atoms with van der Waals surface area (Å²) in [6.45, 7) is 4.73. The minimum atomic E-state index is 0. The summed E-state index contributed by atoms with van der Waals surface area (Å²) in [5, 5.41) is 7.66. The van der Waals surface area contributed by atoms with Gasteiger partial charge in [-0.25, -0.2) is 0 Å². The standard InChI is InChI=1S/C7H13N2.K/c1-3-8-4-2-7(1)5-9-6-7;/h9H,1-6H2;/q-1;+1. The molecule has 0 aromatic heterocycles. The monoisotopic (exact) mass is 164 g/mol. The normalized spacial score (nSPS) is 28.8. The fourth-order valence-electron chi connectivity index (χ4n) is 1.70. The summed E-state index contributed by atoms with van der Waals surface area (Å²) < 4.78 is 0. The molecule has 0 aliphatic carbocycles. The molecule has 2 heterocycles. The quantitative estimate of drug-likeness (QED) is 0.402. The zero-order valence-corrected chi connectivity index (χ0v) is 9.81. The Kier molecular flexibility index (Phi) is 3.84. The van der Waals surface area contributed by atoms with E-state index < -0.39 is 0 Å². The van der Waals surface area contributed by atoms with Gasteiger partial charge in [-0.1, -0.05) is 12.8 Å². The Morgan fingerprint density at radius 2 is 1.70 bits per heavy atom. The van der Waals surface area contributed by atoms with Crippen LogP contribution in [-0.2, 0) is 0 Å². The van der Waals surface area contributed by atoms with Crippen LogP contribution < -0.4 is 56.7 Å². The van der Waals surface area contributed by atoms with Crippen LogP contribution in [0.4, 0.5) is 0 Å². The van der Waals surface area contributed by atoms with Crippen LogP contribution in [-0.4, -0.2) is 26.2 Å². The molecule has 10 heavy (non-hydrogen) atoms. The zero-order valence-electron chi connectivity index (χ0n) is 6.69. The molecule has 0 aromatic rings. The van der Waals surface area contributed by atoms with Crippen molar-refractivity contribution in [1.29, 1.82) is 0 Å². The molecule has 0 aromatic carbocycles. The molecule has 2 nitrogen and oxygen atoms in total. The van der Waals surface area contributed by atoms with Gasteiger partial charge >= 0.3 is 51.4 Å². The fourth-order valence-corrected chi connectivity index (χ4v) is 1.70. The molecule has 0 saturated carbocycles. The Morgan fingerprint density at radius 3 is 2.00 bits per heavy atom. The summed E-state index contributed by atoms with van der Waals surface area (Å²) in [4.78, 5) is 0. The van der Waals surface area contributed by atoms with Crippen LogP contribution in [0.3, 0.4) is 0 Å². The first-order valence-corrected chi connectivity index (χ1v) is 3.75. The van der Waals surface area contributed by atoms with Gasteiger partial charge in [-0.15, -0.1) is 13.1 Å². The van der Waals surface area contributed by atoms with Crippen molar-refractivity contribution in [3.05, 3.63) is 5.32 Å². The Morgan fingerprint density at radius 1 is 1.10 bits per heavy atom. The third-order valence-corrected chi connectivity index (χ3v) is 2.60. The number of hydrogen-bond acceptors (Lipinski definition) is 1. The number of hydrogen-bond donors (Lipinski definition) is 1. The van der Waals surface area contributed by atoms with Gasteiger partial charge in [-0.3, -0.25) is 0 Å². The molecule has 0 bridgehead atoms. The molecule has 2 saturated heterocycles. The van der Waals surface area contributed by atoms with E-state index in [-0.39, 0.29) is 51.4 Å². The van der Waals surface area contributed by atoms with Gasteiger partial charge in [-0.2, -0.15) is 0 Å². The molecule has 2 aliphatic rings. The summed E-state index contributed by atoms with van der Waals surface area (Å²) in [6.07, 6.45) is 2.67. The third-order valence-electron chi connectivity index (χ3n) is 2.60. The predicted octanol–water partition coefficient (Wildman–Crippen LogP) is -2.25. The Balaban J connectivity index is 0.000000500. The molecule has 0 radical (unpaired) electrons. The molecule has 3 heteroatoms. The number of nitrogens with one attached hydrogen (secondary N) is 1. The number of piperidine rings is 1. The third kappa shape index (κ3) is 1.83. The number of rotatable bonds is 0. The van der Waals surface area contributed by atoms with Crippen LogP contribution in [0.25, 0.3) is 5.32 Å². The maximum atomic E-state index is 4.33. The van der Waals surface area contributed by atoms with Crippen LogP contribution >= 0.6 is 0 Å². The summed E-state index contributed by atoms with van der Waals surface area (Å²) >= 11 is 0. The molecule has 52 valence electrons. The van der Waals surface area contributed by atoms with E-state index in [1.807, 2.05) is 0 Å². The van der Waals surface area contributed by atoms with E-state index in [0.29, 0.717) is 5.41 Å². The Hall–Kier alpha value is 1.56. The second-order valence-electron chi connectivity index (χ2n) is 3.27. The fraction of sp³-hybridized carbons (Fsp3) is 1.00. The van der Waals surface area contributed by atoms with Gasteiger partial charge < -0.3 is 10.6 Å². The minimum absolute atomic E-state index is 0. The van der Waals surface area contributed by atoms with E-state index in [0.717, 1.165) is 13.1 Å². The van der Waals surface area contributed by atoms with E-state index in [1.54, 1.807) is 0 Å². The van der Waals surface area contributed by atoms with E-state index in [2.05, 4.69) is 10.6 Å². The molecule has 1 N–H and O–H groups in total. The van der Waals surface area contributed by atoms with Gasteiger partial charge in [0.25, 0.3) is 0 Å². The van der Waals surface area contributed by atoms with Crippen LogP contribution in [0.5, 0.6) is 0 Å². The largest absolute Gasteiger partial charge is 1.00 e. The van der Waals surface area contributed by atoms with Crippen molar-refractivity contribution >= 4 is 0 Å². The van der Waals surface area contributed by atoms with Crippen molar-refractivity contribution in [2.75, 3.05) is 26.2 Å². The topological polar surface area (TPSA) is 26.1 Å². The van der Waals surface area contributed by atoms with Gasteiger partial charge in [0.2, 0.25) is 0 Å². The van der Waals surface area contributed by atoms with Crippen LogP contribution in [0, 0.1) is 5.41 Å². The van der Waals surface area contributed by atoms with Gasteiger partial charge in [0.05, 0.1) is 0 Å². The van der Waals surface area contributed by atoms with Crippen LogP contribution in [0.2, 0.25) is 0 Å². The molecule has 2 fully saturated rings. The van der Waals surface area contributed by atoms with Gasteiger partial charge in [0.1, 0.15) is 0 Å². The molecule has 0 amide bonds. The van der Waals surface area contributed by atoms with Crippen molar-refractivity contribution < 1.29 is 51.4 Å². The number of nitrogens with zero attached hydrogens (tertiary/aromatic N) is 1. The van der Waals surface area contributed by atoms with Crippen molar-refractivity contribution in [3.8, 4) is 0 Å². The van der Waals surface area contributed by atoms with Gasteiger partial charge in [0.15, 0.2) is 0 Å². The van der Waals surface area contributed by atoms with E-state index in [9.17, 15) is 0 Å². The van der Waals surface area contributed by atoms with E-state index >= 15 is 0 Å². The molecular formula is C7H13KN2. The SMILES string of the molecule is C1CC2(CC[N-]1)CNC2.[K+]. The average molecular weight is 164 g/mol. The van der Waals surface area contributed by atoms with Crippen molar-refractivity contribution in [2.45, 2.75) is 12.8 Å². The maximum Gasteiger partial charge on any atom is 1.00 e. The molecule has 0 atom stereocenters. The van der Waals surface area contributed by atoms with Crippen LogP contribution in [0.15, 0.2) is 0 Å². The second-order valence-corrected chi connectivity index (χ2v) is 3.27. The zero-order chi connectivity index (χ0) is 6.16. The van der Waals surface area contributed by atoms with E-state index in [1.165, 1.54) is 25.9 Å². The molecule has 2 aliphatic heterocycles. The first-order chi connectivity index (χ1) is 4.41. The minimum Gasteiger partial charge on any atom is -0.662 e. The smallest absolute Gasteiger partial charge is 0.662 e. The molecule has 1 spiro atoms. The van der Waals surface area contributed by atoms with Crippen molar-refractivity contribution in [3.63, 3.8) is 0 Å². The summed E-state index contributed by atoms with van der Waals surface area (Å²) in [5.41, 5.74) is 0.696. The summed E-state index contributed by atoms with van der Waals surface area (Å²) in [5.74, 6) is 0.